The van der Waals surface area contributed by atoms with E-state index in [1.54, 1.807) is 32.7 Å². The van der Waals surface area contributed by atoms with Crippen molar-refractivity contribution in [2.75, 3.05) is 42.7 Å². The van der Waals surface area contributed by atoms with Crippen molar-refractivity contribution in [2.24, 2.45) is 0 Å². The first kappa shape index (κ1) is 23.3. The van der Waals surface area contributed by atoms with Crippen LogP contribution in [0.3, 0.4) is 0 Å². The largest absolute Gasteiger partial charge is 0.357 e. The number of rotatable bonds is 5. The minimum Gasteiger partial charge on any atom is -0.357 e. The molecule has 0 bridgehead atoms. The Kier molecular flexibility index (Phi) is 6.48. The molecule has 0 spiro atoms. The fraction of sp³-hybridized carbons (Fsp3) is 0.269. The van der Waals surface area contributed by atoms with E-state index in [0.717, 1.165) is 35.6 Å². The van der Waals surface area contributed by atoms with Crippen molar-refractivity contribution in [3.05, 3.63) is 60.7 Å². The van der Waals surface area contributed by atoms with E-state index in [1.165, 1.54) is 24.2 Å². The molecule has 0 radical (unpaired) electrons. The molecule has 3 N–H and O–H groups in total. The highest BCUT2D eigenvalue weighted by molar-refractivity contribution is 6.11. The van der Waals surface area contributed by atoms with E-state index >= 15 is 0 Å². The van der Waals surface area contributed by atoms with Crippen molar-refractivity contribution in [1.82, 2.24) is 25.1 Å². The molecule has 1 aromatic carbocycles. The van der Waals surface area contributed by atoms with Crippen molar-refractivity contribution in [1.29, 1.82) is 0 Å². The first-order valence-electron chi connectivity index (χ1n) is 11.9. The van der Waals surface area contributed by atoms with Gasteiger partial charge in [0.2, 0.25) is 0 Å². The molecule has 0 unspecified atom stereocenters. The molecule has 3 amide bonds. The minimum atomic E-state index is -0.323. The summed E-state index contributed by atoms with van der Waals surface area (Å²) in [6.07, 6.45) is 8.60. The van der Waals surface area contributed by atoms with Crippen LogP contribution < -0.4 is 15.5 Å². The smallest absolute Gasteiger partial charge is 0.321 e. The molecule has 0 saturated carbocycles. The molecule has 10 heteroatoms. The Morgan fingerprint density at radius 1 is 0.917 bits per heavy atom. The third kappa shape index (κ3) is 4.97. The van der Waals surface area contributed by atoms with Crippen LogP contribution in [0.4, 0.5) is 22.0 Å². The number of anilines is 3. The summed E-state index contributed by atoms with van der Waals surface area (Å²) in [5.74, 6) is 0.608. The number of aromatic amines is 1. The summed E-state index contributed by atoms with van der Waals surface area (Å²) < 4.78 is 0. The summed E-state index contributed by atoms with van der Waals surface area (Å²) in [5, 5.41) is 13.6. The second-order valence-corrected chi connectivity index (χ2v) is 9.03. The van der Waals surface area contributed by atoms with Gasteiger partial charge in [0.15, 0.2) is 5.69 Å². The van der Waals surface area contributed by atoms with Gasteiger partial charge in [0.05, 0.1) is 29.3 Å². The zero-order chi connectivity index (χ0) is 25.1. The van der Waals surface area contributed by atoms with E-state index in [4.69, 9.17) is 0 Å². The molecule has 1 saturated heterocycles. The molecule has 36 heavy (non-hydrogen) atoms. The number of hydrogen-bond donors (Lipinski definition) is 3. The van der Waals surface area contributed by atoms with Crippen molar-refractivity contribution >= 4 is 40.0 Å². The van der Waals surface area contributed by atoms with Crippen LogP contribution in [0.5, 0.6) is 0 Å². The molecular weight excluding hydrogens is 456 g/mol. The van der Waals surface area contributed by atoms with Gasteiger partial charge in [-0.2, -0.15) is 5.10 Å². The van der Waals surface area contributed by atoms with Gasteiger partial charge in [0.25, 0.3) is 5.91 Å². The summed E-state index contributed by atoms with van der Waals surface area (Å²) in [4.78, 5) is 37.6. The number of carbonyl (C=O) groups is 2. The Hall–Kier alpha value is -4.47. The van der Waals surface area contributed by atoms with Crippen LogP contribution in [0.2, 0.25) is 0 Å². The van der Waals surface area contributed by atoms with Gasteiger partial charge < -0.3 is 20.4 Å². The second kappa shape index (κ2) is 10.0. The van der Waals surface area contributed by atoms with E-state index in [9.17, 15) is 9.59 Å². The summed E-state index contributed by atoms with van der Waals surface area (Å²) in [6, 6.07) is 11.1. The van der Waals surface area contributed by atoms with E-state index in [-0.39, 0.29) is 17.6 Å². The van der Waals surface area contributed by atoms with Gasteiger partial charge in [-0.3, -0.25) is 14.9 Å². The number of piperidine rings is 1. The molecule has 1 aliphatic heterocycles. The molecule has 4 heterocycles. The lowest BCUT2D eigenvalue weighted by Crippen LogP contribution is -2.30. The Bertz CT molecular complexity index is 1390. The molecule has 0 atom stereocenters. The Morgan fingerprint density at radius 2 is 1.75 bits per heavy atom. The summed E-state index contributed by atoms with van der Waals surface area (Å²) in [7, 11) is 3.34. The van der Waals surface area contributed by atoms with Gasteiger partial charge in [-0.15, -0.1) is 0 Å². The third-order valence-electron chi connectivity index (χ3n) is 6.19. The van der Waals surface area contributed by atoms with Crippen LogP contribution in [0.25, 0.3) is 22.0 Å². The Labute approximate surface area is 208 Å². The number of urea groups is 1. The summed E-state index contributed by atoms with van der Waals surface area (Å²) >= 11 is 0. The van der Waals surface area contributed by atoms with Gasteiger partial charge in [-0.1, -0.05) is 6.07 Å². The SMILES string of the molecule is CN(C)C(=O)Nc1cncc(-c2ccc3[nH]nc(C(=O)Nc4ccc(N5CCCCC5)nc4)c3c2)c1. The molecule has 1 fully saturated rings. The van der Waals surface area contributed by atoms with Crippen LogP contribution in [0, 0.1) is 0 Å². The lowest BCUT2D eigenvalue weighted by molar-refractivity contribution is 0.102. The highest BCUT2D eigenvalue weighted by Crippen LogP contribution is 2.27. The number of nitrogens with zero attached hydrogens (tertiary/aromatic N) is 5. The molecular formula is C26H28N8O2. The van der Waals surface area contributed by atoms with Crippen LogP contribution >= 0.6 is 0 Å². The second-order valence-electron chi connectivity index (χ2n) is 9.03. The maximum Gasteiger partial charge on any atom is 0.321 e. The van der Waals surface area contributed by atoms with Gasteiger partial charge in [-0.25, -0.2) is 9.78 Å². The number of carbonyl (C=O) groups excluding carboxylic acids is 2. The molecule has 1 aliphatic rings. The number of nitrogens with one attached hydrogen (secondary N) is 3. The van der Waals surface area contributed by atoms with E-state index in [2.05, 4.69) is 35.7 Å². The predicted octanol–water partition coefficient (Wildman–Crippen LogP) is 4.36. The highest BCUT2D eigenvalue weighted by Gasteiger charge is 2.17. The molecule has 10 nitrogen and oxygen atoms in total. The third-order valence-corrected chi connectivity index (χ3v) is 6.19. The molecule has 184 valence electrons. The normalized spacial score (nSPS) is 13.4. The maximum atomic E-state index is 13.1. The first-order valence-corrected chi connectivity index (χ1v) is 11.9. The fourth-order valence-electron chi connectivity index (χ4n) is 4.23. The highest BCUT2D eigenvalue weighted by atomic mass is 16.2. The van der Waals surface area contributed by atoms with Gasteiger partial charge in [0, 0.05) is 44.3 Å². The molecule has 5 rings (SSSR count). The van der Waals surface area contributed by atoms with Gasteiger partial charge in [-0.05, 0) is 55.2 Å². The zero-order valence-electron chi connectivity index (χ0n) is 20.3. The maximum absolute atomic E-state index is 13.1. The monoisotopic (exact) mass is 484 g/mol. The van der Waals surface area contributed by atoms with E-state index in [1.807, 2.05) is 36.4 Å². The lowest BCUT2D eigenvalue weighted by atomic mass is 10.0. The van der Waals surface area contributed by atoms with E-state index < -0.39 is 0 Å². The topological polar surface area (TPSA) is 119 Å². The number of fused-ring (bicyclic) bond motifs is 1. The molecule has 3 aromatic heterocycles. The molecule has 4 aromatic rings. The summed E-state index contributed by atoms with van der Waals surface area (Å²) in [5.41, 5.74) is 3.88. The molecule has 0 aliphatic carbocycles. The minimum absolute atomic E-state index is 0.239. The van der Waals surface area contributed by atoms with Crippen LogP contribution in [-0.4, -0.2) is 64.2 Å². The Balaban J connectivity index is 1.35. The van der Waals surface area contributed by atoms with Crippen molar-refractivity contribution in [2.45, 2.75) is 19.3 Å². The lowest BCUT2D eigenvalue weighted by Gasteiger charge is -2.27. The van der Waals surface area contributed by atoms with Crippen LogP contribution in [0.1, 0.15) is 29.8 Å². The average molecular weight is 485 g/mol. The van der Waals surface area contributed by atoms with Crippen molar-refractivity contribution in [3.8, 4) is 11.1 Å². The average Bonchev–Trinajstić information content (AvgIpc) is 3.33. The standard InChI is InChI=1S/C26H28N8O2/c1-33(2)26(36)30-20-12-18(14-27-15-20)17-6-8-22-21(13-17)24(32-31-22)25(35)29-19-7-9-23(28-16-19)34-10-4-3-5-11-34/h6-9,12-16H,3-5,10-11H2,1-2H3,(H,29,35)(H,30,36)(H,31,32). The number of hydrogen-bond acceptors (Lipinski definition) is 6. The number of amides is 3. The fourth-order valence-corrected chi connectivity index (χ4v) is 4.23. The van der Waals surface area contributed by atoms with E-state index in [0.29, 0.717) is 16.8 Å². The zero-order valence-corrected chi connectivity index (χ0v) is 20.3. The Morgan fingerprint density at radius 3 is 2.50 bits per heavy atom. The van der Waals surface area contributed by atoms with Crippen molar-refractivity contribution in [3.63, 3.8) is 0 Å². The van der Waals surface area contributed by atoms with Gasteiger partial charge in [0.1, 0.15) is 5.82 Å². The van der Waals surface area contributed by atoms with Crippen LogP contribution in [0.15, 0.2) is 55.0 Å². The summed E-state index contributed by atoms with van der Waals surface area (Å²) in [6.45, 7) is 2.03. The van der Waals surface area contributed by atoms with Crippen molar-refractivity contribution < 1.29 is 9.59 Å². The first-order chi connectivity index (χ1) is 17.5. The quantitative estimate of drug-likeness (QED) is 0.387. The predicted molar refractivity (Wildman–Crippen MR) is 140 cm³/mol. The number of benzene rings is 1. The number of pyridine rings is 2. The number of aromatic nitrogens is 4. The van der Waals surface area contributed by atoms with Crippen LogP contribution in [-0.2, 0) is 0 Å². The number of H-pyrrole nitrogens is 1. The van der Waals surface area contributed by atoms with Gasteiger partial charge >= 0.3 is 6.03 Å².